The van der Waals surface area contributed by atoms with Crippen molar-refractivity contribution in [3.63, 3.8) is 0 Å². The molecule has 1 atom stereocenters. The van der Waals surface area contributed by atoms with E-state index in [-0.39, 0.29) is 12.7 Å². The Balaban J connectivity index is 2.97. The van der Waals surface area contributed by atoms with Gasteiger partial charge in [0.05, 0.1) is 19.3 Å². The van der Waals surface area contributed by atoms with Crippen LogP contribution < -0.4 is 0 Å². The fraction of sp³-hybridized carbons (Fsp3) is 1.00. The molecule has 0 saturated carbocycles. The third-order valence-corrected chi connectivity index (χ3v) is 1.36. The van der Waals surface area contributed by atoms with E-state index < -0.39 is 0 Å². The third kappa shape index (κ3) is 7.78. The molecule has 0 heterocycles. The van der Waals surface area contributed by atoms with Crippen LogP contribution in [0.5, 0.6) is 0 Å². The summed E-state index contributed by atoms with van der Waals surface area (Å²) in [7, 11) is 0. The van der Waals surface area contributed by atoms with E-state index in [9.17, 15) is 0 Å². The summed E-state index contributed by atoms with van der Waals surface area (Å²) in [6, 6.07) is 0. The minimum absolute atomic E-state index is 0.100. The highest BCUT2D eigenvalue weighted by molar-refractivity contribution is 4.47. The van der Waals surface area contributed by atoms with Crippen molar-refractivity contribution in [2.45, 2.75) is 26.4 Å². The standard InChI is InChI=1S/C8H18O3/c1-3-11-8(2)4-6-10-7-5-9/h8-9H,3-7H2,1-2H3. The summed E-state index contributed by atoms with van der Waals surface area (Å²) in [6.45, 7) is 5.95. The Morgan fingerprint density at radius 2 is 2.09 bits per heavy atom. The molecule has 0 aliphatic rings. The predicted molar refractivity (Wildman–Crippen MR) is 43.6 cm³/mol. The summed E-state index contributed by atoms with van der Waals surface area (Å²) < 4.78 is 10.3. The Bertz CT molecular complexity index is 75.7. The molecule has 1 unspecified atom stereocenters. The molecule has 0 amide bonds. The lowest BCUT2D eigenvalue weighted by Gasteiger charge is -2.10. The highest BCUT2D eigenvalue weighted by atomic mass is 16.5. The molecule has 11 heavy (non-hydrogen) atoms. The van der Waals surface area contributed by atoms with E-state index in [4.69, 9.17) is 14.6 Å². The van der Waals surface area contributed by atoms with E-state index in [2.05, 4.69) is 0 Å². The minimum Gasteiger partial charge on any atom is -0.394 e. The Kier molecular flexibility index (Phi) is 7.89. The van der Waals surface area contributed by atoms with E-state index in [0.717, 1.165) is 13.0 Å². The Morgan fingerprint density at radius 1 is 1.36 bits per heavy atom. The smallest absolute Gasteiger partial charge is 0.0697 e. The molecule has 0 aromatic rings. The van der Waals surface area contributed by atoms with Gasteiger partial charge in [-0.15, -0.1) is 0 Å². The molecule has 0 spiro atoms. The number of hydrogen-bond donors (Lipinski definition) is 1. The summed E-state index contributed by atoms with van der Waals surface area (Å²) in [5.74, 6) is 0. The molecule has 3 heteroatoms. The van der Waals surface area contributed by atoms with Crippen LogP contribution >= 0.6 is 0 Å². The minimum atomic E-state index is 0.100. The van der Waals surface area contributed by atoms with Gasteiger partial charge in [0, 0.05) is 13.2 Å². The number of ether oxygens (including phenoxy) is 2. The SMILES string of the molecule is CCOC(C)CCOCCO. The van der Waals surface area contributed by atoms with E-state index >= 15 is 0 Å². The van der Waals surface area contributed by atoms with Crippen molar-refractivity contribution in [1.82, 2.24) is 0 Å². The Hall–Kier alpha value is -0.120. The predicted octanol–water partition coefficient (Wildman–Crippen LogP) is 0.810. The van der Waals surface area contributed by atoms with Gasteiger partial charge in [0.15, 0.2) is 0 Å². The molecule has 0 aliphatic carbocycles. The Morgan fingerprint density at radius 3 is 2.64 bits per heavy atom. The molecule has 0 aliphatic heterocycles. The van der Waals surface area contributed by atoms with Crippen LogP contribution in [0, 0.1) is 0 Å². The molecule has 0 rings (SSSR count). The molecule has 0 fully saturated rings. The molecule has 0 aromatic heterocycles. The number of hydrogen-bond acceptors (Lipinski definition) is 3. The molecule has 0 bridgehead atoms. The Labute approximate surface area is 68.3 Å². The summed E-state index contributed by atoms with van der Waals surface area (Å²) >= 11 is 0. The maximum Gasteiger partial charge on any atom is 0.0697 e. The van der Waals surface area contributed by atoms with E-state index in [1.807, 2.05) is 13.8 Å². The molecule has 0 saturated heterocycles. The van der Waals surface area contributed by atoms with Crippen molar-refractivity contribution >= 4 is 0 Å². The first-order chi connectivity index (χ1) is 5.31. The van der Waals surface area contributed by atoms with Crippen LogP contribution in [0.25, 0.3) is 0 Å². The van der Waals surface area contributed by atoms with E-state index in [1.165, 1.54) is 0 Å². The summed E-state index contributed by atoms with van der Waals surface area (Å²) in [5, 5.41) is 8.38. The second kappa shape index (κ2) is 7.98. The first-order valence-corrected chi connectivity index (χ1v) is 4.11. The van der Waals surface area contributed by atoms with Crippen LogP contribution in [0.15, 0.2) is 0 Å². The van der Waals surface area contributed by atoms with Crippen LogP contribution in [-0.2, 0) is 9.47 Å². The van der Waals surface area contributed by atoms with Crippen LogP contribution in [0.1, 0.15) is 20.3 Å². The monoisotopic (exact) mass is 162 g/mol. The molecule has 0 radical (unpaired) electrons. The maximum absolute atomic E-state index is 8.38. The highest BCUT2D eigenvalue weighted by Crippen LogP contribution is 1.96. The molecule has 3 nitrogen and oxygen atoms in total. The summed E-state index contributed by atoms with van der Waals surface area (Å²) in [6.07, 6.45) is 1.16. The van der Waals surface area contributed by atoms with E-state index in [1.54, 1.807) is 0 Å². The second-order valence-electron chi connectivity index (χ2n) is 2.39. The lowest BCUT2D eigenvalue weighted by Crippen LogP contribution is -2.12. The summed E-state index contributed by atoms with van der Waals surface area (Å²) in [5.41, 5.74) is 0. The molecular weight excluding hydrogens is 144 g/mol. The lowest BCUT2D eigenvalue weighted by molar-refractivity contribution is 0.0297. The average molecular weight is 162 g/mol. The topological polar surface area (TPSA) is 38.7 Å². The van der Waals surface area contributed by atoms with Gasteiger partial charge in [-0.25, -0.2) is 0 Å². The van der Waals surface area contributed by atoms with Crippen molar-refractivity contribution < 1.29 is 14.6 Å². The van der Waals surface area contributed by atoms with E-state index in [0.29, 0.717) is 13.2 Å². The second-order valence-corrected chi connectivity index (χ2v) is 2.39. The van der Waals surface area contributed by atoms with Gasteiger partial charge in [0.1, 0.15) is 0 Å². The van der Waals surface area contributed by atoms with Crippen LogP contribution in [0.2, 0.25) is 0 Å². The summed E-state index contributed by atoms with van der Waals surface area (Å²) in [4.78, 5) is 0. The number of rotatable bonds is 7. The zero-order valence-corrected chi connectivity index (χ0v) is 7.38. The molecule has 0 aromatic carbocycles. The van der Waals surface area contributed by atoms with Crippen LogP contribution in [0.3, 0.4) is 0 Å². The quantitative estimate of drug-likeness (QED) is 0.563. The fourth-order valence-electron chi connectivity index (χ4n) is 0.784. The molecule has 1 N–H and O–H groups in total. The number of aliphatic hydroxyl groups is 1. The van der Waals surface area contributed by atoms with Crippen molar-refractivity contribution in [3.05, 3.63) is 0 Å². The van der Waals surface area contributed by atoms with Gasteiger partial charge in [-0.3, -0.25) is 0 Å². The van der Waals surface area contributed by atoms with Gasteiger partial charge in [0.2, 0.25) is 0 Å². The average Bonchev–Trinajstić information content (AvgIpc) is 1.99. The van der Waals surface area contributed by atoms with Gasteiger partial charge in [-0.2, -0.15) is 0 Å². The number of aliphatic hydroxyl groups excluding tert-OH is 1. The van der Waals surface area contributed by atoms with Gasteiger partial charge >= 0.3 is 0 Å². The first-order valence-electron chi connectivity index (χ1n) is 4.11. The molecule has 68 valence electrons. The zero-order chi connectivity index (χ0) is 8.53. The largest absolute Gasteiger partial charge is 0.394 e. The van der Waals surface area contributed by atoms with Crippen molar-refractivity contribution in [2.24, 2.45) is 0 Å². The molecular formula is C8H18O3. The zero-order valence-electron chi connectivity index (χ0n) is 7.38. The fourth-order valence-corrected chi connectivity index (χ4v) is 0.784. The lowest BCUT2D eigenvalue weighted by atomic mass is 10.3. The van der Waals surface area contributed by atoms with Gasteiger partial charge in [0.25, 0.3) is 0 Å². The highest BCUT2D eigenvalue weighted by Gasteiger charge is 1.99. The van der Waals surface area contributed by atoms with Gasteiger partial charge in [-0.1, -0.05) is 0 Å². The van der Waals surface area contributed by atoms with Gasteiger partial charge < -0.3 is 14.6 Å². The first kappa shape index (κ1) is 10.9. The normalized spacial score (nSPS) is 13.4. The van der Waals surface area contributed by atoms with Crippen molar-refractivity contribution in [1.29, 1.82) is 0 Å². The third-order valence-electron chi connectivity index (χ3n) is 1.36. The van der Waals surface area contributed by atoms with Crippen molar-refractivity contribution in [2.75, 3.05) is 26.4 Å². The van der Waals surface area contributed by atoms with Gasteiger partial charge in [-0.05, 0) is 20.3 Å². The van der Waals surface area contributed by atoms with Crippen LogP contribution in [0.4, 0.5) is 0 Å². The maximum atomic E-state index is 8.38. The van der Waals surface area contributed by atoms with Crippen molar-refractivity contribution in [3.8, 4) is 0 Å². The van der Waals surface area contributed by atoms with Crippen LogP contribution in [-0.4, -0.2) is 37.6 Å².